The number of fused-ring (bicyclic) bond motifs is 1. The molecule has 6 heterocycles. The highest BCUT2D eigenvalue weighted by molar-refractivity contribution is 5.98. The van der Waals surface area contributed by atoms with Gasteiger partial charge < -0.3 is 8.83 Å². The molecule has 0 aliphatic carbocycles. The predicted octanol–water partition coefficient (Wildman–Crippen LogP) is 7.19. The topological polar surface area (TPSA) is 129 Å². The third kappa shape index (κ3) is 4.76. The van der Waals surface area contributed by atoms with Gasteiger partial charge in [0.25, 0.3) is 11.8 Å². The molecule has 0 amide bonds. The lowest BCUT2D eigenvalue weighted by atomic mass is 10.0. The van der Waals surface area contributed by atoms with Gasteiger partial charge in [-0.2, -0.15) is 0 Å². The van der Waals surface area contributed by atoms with Crippen molar-refractivity contribution in [2.45, 2.75) is 0 Å². The van der Waals surface area contributed by atoms with E-state index in [2.05, 4.69) is 30.4 Å². The lowest BCUT2D eigenvalue weighted by Crippen LogP contribution is -1.89. The van der Waals surface area contributed by atoms with E-state index in [1.165, 1.54) is 0 Å². The summed E-state index contributed by atoms with van der Waals surface area (Å²) in [5.74, 6) is 1.27. The van der Waals surface area contributed by atoms with Crippen LogP contribution in [0.2, 0.25) is 0 Å². The third-order valence-electron chi connectivity index (χ3n) is 6.98. The summed E-state index contributed by atoms with van der Waals surface area (Å²) in [4.78, 5) is 18.2. The van der Waals surface area contributed by atoms with Crippen molar-refractivity contribution in [3.05, 3.63) is 122 Å². The maximum absolute atomic E-state index is 6.19. The van der Waals surface area contributed by atoms with E-state index in [9.17, 15) is 0 Å². The van der Waals surface area contributed by atoms with E-state index in [1.807, 2.05) is 109 Å². The summed E-state index contributed by atoms with van der Waals surface area (Å²) in [6, 6.07) is 34.4. The maximum Gasteiger partial charge on any atom is 0.266 e. The highest BCUT2D eigenvalue weighted by Crippen LogP contribution is 2.35. The number of pyridine rings is 4. The van der Waals surface area contributed by atoms with Crippen molar-refractivity contribution in [3.63, 3.8) is 0 Å². The lowest BCUT2D eigenvalue weighted by Gasteiger charge is -2.06. The highest BCUT2D eigenvalue weighted by atomic mass is 16.4. The van der Waals surface area contributed by atoms with Gasteiger partial charge in [-0.25, -0.2) is 9.97 Å². The SMILES string of the molecule is c1ccc(-c2cccc(-c3nnc(-c4cc(-c5nnc(-c6cccc(-c7ccccn7)n6)o5)c5ccccc5c4)o3)n2)nc1. The van der Waals surface area contributed by atoms with Crippen LogP contribution in [0.4, 0.5) is 0 Å². The zero-order valence-corrected chi connectivity index (χ0v) is 22.9. The molecule has 0 radical (unpaired) electrons. The number of nitrogens with zero attached hydrogens (tertiary/aromatic N) is 8. The molecule has 8 aromatic rings. The van der Waals surface area contributed by atoms with Gasteiger partial charge >= 0.3 is 0 Å². The van der Waals surface area contributed by atoms with E-state index in [4.69, 9.17) is 18.8 Å². The van der Waals surface area contributed by atoms with Crippen molar-refractivity contribution in [1.29, 1.82) is 0 Å². The molecule has 0 saturated carbocycles. The standard InChI is InChI=1S/C34H20N8O2/c1-2-10-23-21(9-1)19-22(31-39-41-33(43-31)29-15-7-13-27(37-29)25-11-3-5-17-35-25)20-24(23)32-40-42-34(44-32)30-16-8-14-28(38-30)26-12-4-6-18-36-26/h1-20H. The van der Waals surface area contributed by atoms with Gasteiger partial charge in [0.1, 0.15) is 11.4 Å². The number of hydrogen-bond donors (Lipinski definition) is 0. The average molecular weight is 573 g/mol. The van der Waals surface area contributed by atoms with Gasteiger partial charge in [0.05, 0.1) is 22.8 Å². The van der Waals surface area contributed by atoms with E-state index in [0.29, 0.717) is 51.9 Å². The minimum Gasteiger partial charge on any atom is -0.415 e. The van der Waals surface area contributed by atoms with Gasteiger partial charge in [-0.05, 0) is 71.4 Å². The fraction of sp³-hybridized carbons (Fsp3) is 0. The Balaban J connectivity index is 1.16. The molecular formula is C34H20N8O2. The van der Waals surface area contributed by atoms with Crippen molar-refractivity contribution in [2.24, 2.45) is 0 Å². The molecule has 0 aliphatic heterocycles. The summed E-state index contributed by atoms with van der Waals surface area (Å²) in [6.07, 6.45) is 3.46. The van der Waals surface area contributed by atoms with E-state index >= 15 is 0 Å². The summed E-state index contributed by atoms with van der Waals surface area (Å²) >= 11 is 0. The molecule has 0 atom stereocenters. The molecule has 0 N–H and O–H groups in total. The second kappa shape index (κ2) is 10.8. The van der Waals surface area contributed by atoms with Crippen molar-refractivity contribution in [1.82, 2.24) is 40.3 Å². The van der Waals surface area contributed by atoms with Crippen molar-refractivity contribution < 1.29 is 8.83 Å². The second-order valence-electron chi connectivity index (χ2n) is 9.82. The van der Waals surface area contributed by atoms with Crippen LogP contribution in [0.1, 0.15) is 0 Å². The highest BCUT2D eigenvalue weighted by Gasteiger charge is 2.19. The normalized spacial score (nSPS) is 11.2. The molecule has 6 aromatic heterocycles. The lowest BCUT2D eigenvalue weighted by molar-refractivity contribution is 0.580. The number of hydrogen-bond acceptors (Lipinski definition) is 10. The third-order valence-corrected chi connectivity index (χ3v) is 6.98. The molecule has 10 nitrogen and oxygen atoms in total. The quantitative estimate of drug-likeness (QED) is 0.202. The molecule has 0 bridgehead atoms. The largest absolute Gasteiger partial charge is 0.415 e. The zero-order valence-electron chi connectivity index (χ0n) is 22.9. The molecular weight excluding hydrogens is 552 g/mol. The Morgan fingerprint density at radius 2 is 0.932 bits per heavy atom. The first-order valence-electron chi connectivity index (χ1n) is 13.8. The summed E-state index contributed by atoms with van der Waals surface area (Å²) in [5.41, 5.74) is 5.47. The van der Waals surface area contributed by atoms with Crippen LogP contribution >= 0.6 is 0 Å². The fourth-order valence-electron chi connectivity index (χ4n) is 4.91. The van der Waals surface area contributed by atoms with Crippen LogP contribution in [0.3, 0.4) is 0 Å². The molecule has 44 heavy (non-hydrogen) atoms. The van der Waals surface area contributed by atoms with Crippen LogP contribution in [-0.4, -0.2) is 40.3 Å². The van der Waals surface area contributed by atoms with E-state index in [1.54, 1.807) is 12.4 Å². The van der Waals surface area contributed by atoms with Crippen LogP contribution < -0.4 is 0 Å². The molecule has 208 valence electrons. The van der Waals surface area contributed by atoms with Gasteiger partial charge in [0.15, 0.2) is 0 Å². The maximum atomic E-state index is 6.19. The Labute approximate surface area is 250 Å². The Kier molecular flexibility index (Phi) is 6.19. The monoisotopic (exact) mass is 572 g/mol. The van der Waals surface area contributed by atoms with E-state index < -0.39 is 0 Å². The predicted molar refractivity (Wildman–Crippen MR) is 163 cm³/mol. The molecule has 10 heteroatoms. The first-order chi connectivity index (χ1) is 21.8. The Hall–Kier alpha value is -6.42. The average Bonchev–Trinajstić information content (AvgIpc) is 3.80. The Bertz CT molecular complexity index is 2250. The summed E-state index contributed by atoms with van der Waals surface area (Å²) in [7, 11) is 0. The Morgan fingerprint density at radius 1 is 0.409 bits per heavy atom. The summed E-state index contributed by atoms with van der Waals surface area (Å²) in [6.45, 7) is 0. The van der Waals surface area contributed by atoms with Crippen molar-refractivity contribution in [2.75, 3.05) is 0 Å². The van der Waals surface area contributed by atoms with Crippen LogP contribution in [0.15, 0.2) is 130 Å². The minimum absolute atomic E-state index is 0.297. The molecule has 0 saturated heterocycles. The second-order valence-corrected chi connectivity index (χ2v) is 9.82. The van der Waals surface area contributed by atoms with Crippen molar-refractivity contribution >= 4 is 10.8 Å². The summed E-state index contributed by atoms with van der Waals surface area (Å²) < 4.78 is 12.3. The van der Waals surface area contributed by atoms with Crippen LogP contribution in [0.5, 0.6) is 0 Å². The van der Waals surface area contributed by atoms with Gasteiger partial charge in [-0.1, -0.05) is 48.5 Å². The van der Waals surface area contributed by atoms with Gasteiger partial charge in [-0.15, -0.1) is 20.4 Å². The van der Waals surface area contributed by atoms with E-state index in [-0.39, 0.29) is 0 Å². The molecule has 0 spiro atoms. The molecule has 0 unspecified atom stereocenters. The minimum atomic E-state index is 0.297. The van der Waals surface area contributed by atoms with Gasteiger partial charge in [0.2, 0.25) is 11.8 Å². The van der Waals surface area contributed by atoms with Crippen LogP contribution in [0.25, 0.3) is 79.6 Å². The first kappa shape index (κ1) is 25.3. The number of aromatic nitrogens is 8. The van der Waals surface area contributed by atoms with Crippen molar-refractivity contribution in [3.8, 4) is 68.9 Å². The smallest absolute Gasteiger partial charge is 0.266 e. The molecule has 0 fully saturated rings. The zero-order chi connectivity index (χ0) is 29.3. The van der Waals surface area contributed by atoms with E-state index in [0.717, 1.165) is 27.7 Å². The summed E-state index contributed by atoms with van der Waals surface area (Å²) in [5, 5.41) is 19.2. The first-order valence-corrected chi connectivity index (χ1v) is 13.8. The number of benzene rings is 2. The molecule has 0 aliphatic rings. The van der Waals surface area contributed by atoms with Gasteiger partial charge in [0, 0.05) is 23.5 Å². The fourth-order valence-corrected chi connectivity index (χ4v) is 4.91. The Morgan fingerprint density at radius 3 is 1.57 bits per heavy atom. The number of rotatable bonds is 6. The van der Waals surface area contributed by atoms with Crippen LogP contribution in [0, 0.1) is 0 Å². The molecule has 8 rings (SSSR count). The van der Waals surface area contributed by atoms with Crippen LogP contribution in [-0.2, 0) is 0 Å². The molecule has 2 aromatic carbocycles. The van der Waals surface area contributed by atoms with Gasteiger partial charge in [-0.3, -0.25) is 9.97 Å².